The zero-order valence-electron chi connectivity index (χ0n) is 11.3. The van der Waals surface area contributed by atoms with Crippen molar-refractivity contribution in [2.75, 3.05) is 13.6 Å². The van der Waals surface area contributed by atoms with Crippen molar-refractivity contribution in [3.8, 4) is 11.8 Å². The minimum atomic E-state index is -3.54. The van der Waals surface area contributed by atoms with E-state index in [1.165, 1.54) is 10.4 Å². The number of hydrogen-bond donors (Lipinski definition) is 1. The van der Waals surface area contributed by atoms with Crippen molar-refractivity contribution in [2.45, 2.75) is 30.2 Å². The van der Waals surface area contributed by atoms with Crippen LogP contribution in [0.3, 0.4) is 0 Å². The monoisotopic (exact) mass is 312 g/mol. The minimum Gasteiger partial charge on any atom is -0.320 e. The van der Waals surface area contributed by atoms with Gasteiger partial charge in [0.25, 0.3) is 0 Å². The number of benzene rings is 1. The summed E-state index contributed by atoms with van der Waals surface area (Å²) in [5.74, 6) is 5.54. The molecule has 0 unspecified atom stereocenters. The van der Waals surface area contributed by atoms with E-state index in [2.05, 4.69) is 11.8 Å². The van der Waals surface area contributed by atoms with Gasteiger partial charge in [-0.2, -0.15) is 4.31 Å². The van der Waals surface area contributed by atoms with Crippen molar-refractivity contribution in [1.29, 1.82) is 0 Å². The summed E-state index contributed by atoms with van der Waals surface area (Å²) >= 11 is 6.10. The Morgan fingerprint density at radius 3 is 2.65 bits per heavy atom. The van der Waals surface area contributed by atoms with E-state index < -0.39 is 10.0 Å². The normalized spacial score (nSPS) is 15.6. The first kappa shape index (κ1) is 15.3. The first-order valence-electron chi connectivity index (χ1n) is 6.43. The number of halogens is 1. The smallest absolute Gasteiger partial charge is 0.244 e. The van der Waals surface area contributed by atoms with Crippen LogP contribution in [0.5, 0.6) is 0 Å². The molecule has 1 aliphatic rings. The van der Waals surface area contributed by atoms with Crippen molar-refractivity contribution in [3.63, 3.8) is 0 Å². The fourth-order valence-corrected chi connectivity index (χ4v) is 3.97. The molecule has 0 amide bonds. The third kappa shape index (κ3) is 2.99. The first-order valence-corrected chi connectivity index (χ1v) is 8.25. The van der Waals surface area contributed by atoms with Crippen LogP contribution in [0, 0.1) is 11.8 Å². The maximum Gasteiger partial charge on any atom is 0.244 e. The lowest BCUT2D eigenvalue weighted by Gasteiger charge is -2.33. The highest BCUT2D eigenvalue weighted by atomic mass is 35.5. The van der Waals surface area contributed by atoms with E-state index in [1.807, 2.05) is 0 Å². The van der Waals surface area contributed by atoms with Crippen molar-refractivity contribution < 1.29 is 8.42 Å². The summed E-state index contributed by atoms with van der Waals surface area (Å²) < 4.78 is 26.4. The Bertz CT molecular complexity index is 657. The molecule has 1 saturated carbocycles. The lowest BCUT2D eigenvalue weighted by Crippen LogP contribution is -2.41. The third-order valence-corrected chi connectivity index (χ3v) is 5.91. The zero-order valence-corrected chi connectivity index (χ0v) is 12.8. The topological polar surface area (TPSA) is 63.4 Å². The van der Waals surface area contributed by atoms with Crippen LogP contribution in [0.25, 0.3) is 0 Å². The van der Waals surface area contributed by atoms with Crippen LogP contribution in [0.4, 0.5) is 0 Å². The highest BCUT2D eigenvalue weighted by Crippen LogP contribution is 2.31. The predicted octanol–water partition coefficient (Wildman–Crippen LogP) is 1.82. The molecule has 2 N–H and O–H groups in total. The van der Waals surface area contributed by atoms with Crippen LogP contribution in [-0.2, 0) is 10.0 Å². The van der Waals surface area contributed by atoms with Gasteiger partial charge in [0.15, 0.2) is 0 Å². The number of nitrogens with two attached hydrogens (primary N) is 1. The first-order chi connectivity index (χ1) is 9.46. The Kier molecular flexibility index (Phi) is 4.71. The highest BCUT2D eigenvalue weighted by molar-refractivity contribution is 7.89. The van der Waals surface area contributed by atoms with Gasteiger partial charge < -0.3 is 5.73 Å². The second-order valence-electron chi connectivity index (χ2n) is 4.76. The van der Waals surface area contributed by atoms with Gasteiger partial charge in [0.2, 0.25) is 10.0 Å². The minimum absolute atomic E-state index is 0.0905. The Labute approximate surface area is 125 Å². The molecule has 0 aromatic heterocycles. The van der Waals surface area contributed by atoms with Crippen molar-refractivity contribution in [2.24, 2.45) is 5.73 Å². The molecule has 1 aromatic rings. The van der Waals surface area contributed by atoms with Crippen LogP contribution >= 0.6 is 11.6 Å². The molecular formula is C14H17ClN2O2S. The molecular weight excluding hydrogens is 296 g/mol. The maximum atomic E-state index is 12.5. The van der Waals surface area contributed by atoms with Gasteiger partial charge >= 0.3 is 0 Å². The molecule has 20 heavy (non-hydrogen) atoms. The summed E-state index contributed by atoms with van der Waals surface area (Å²) in [7, 11) is -1.93. The number of hydrogen-bond acceptors (Lipinski definition) is 3. The summed E-state index contributed by atoms with van der Waals surface area (Å²) in [6, 6.07) is 4.81. The molecule has 1 fully saturated rings. The standard InChI is InChI=1S/C14H17ClN2O2S/c1-17(12-5-2-6-12)20(18,19)14-8-7-11(4-3-9-16)10-13(14)15/h7-8,10,12H,2,5-6,9,16H2,1H3. The molecule has 0 atom stereocenters. The van der Waals surface area contributed by atoms with Crippen molar-refractivity contribution >= 4 is 21.6 Å². The fourth-order valence-electron chi connectivity index (χ4n) is 2.04. The van der Waals surface area contributed by atoms with E-state index in [-0.39, 0.29) is 22.5 Å². The molecule has 0 radical (unpaired) electrons. The van der Waals surface area contributed by atoms with Gasteiger partial charge in [-0.25, -0.2) is 8.42 Å². The van der Waals surface area contributed by atoms with Gasteiger partial charge in [0, 0.05) is 18.7 Å². The molecule has 2 rings (SSSR count). The predicted molar refractivity (Wildman–Crippen MR) is 80.0 cm³/mol. The van der Waals surface area contributed by atoms with Gasteiger partial charge in [0.05, 0.1) is 11.6 Å². The molecule has 108 valence electrons. The summed E-state index contributed by atoms with van der Waals surface area (Å²) in [4.78, 5) is 0.131. The molecule has 0 spiro atoms. The largest absolute Gasteiger partial charge is 0.320 e. The SMILES string of the molecule is CN(C1CCC1)S(=O)(=O)c1ccc(C#CCN)cc1Cl. The van der Waals surface area contributed by atoms with Gasteiger partial charge in [-0.05, 0) is 31.0 Å². The van der Waals surface area contributed by atoms with E-state index in [0.29, 0.717) is 5.56 Å². The molecule has 4 nitrogen and oxygen atoms in total. The summed E-state index contributed by atoms with van der Waals surface area (Å²) in [5.41, 5.74) is 5.96. The fraction of sp³-hybridized carbons (Fsp3) is 0.429. The average Bonchev–Trinajstić information content (AvgIpc) is 2.34. The molecule has 0 aliphatic heterocycles. The van der Waals surface area contributed by atoms with Crippen LogP contribution in [-0.4, -0.2) is 32.4 Å². The van der Waals surface area contributed by atoms with Crippen LogP contribution in [0.1, 0.15) is 24.8 Å². The lowest BCUT2D eigenvalue weighted by molar-refractivity contribution is 0.249. The molecule has 1 aromatic carbocycles. The van der Waals surface area contributed by atoms with Gasteiger partial charge in [-0.1, -0.05) is 29.9 Å². The molecule has 0 saturated heterocycles. The van der Waals surface area contributed by atoms with E-state index in [9.17, 15) is 8.42 Å². The number of rotatable bonds is 3. The van der Waals surface area contributed by atoms with Gasteiger partial charge in [0.1, 0.15) is 4.90 Å². The quantitative estimate of drug-likeness (QED) is 0.866. The Balaban J connectivity index is 2.32. The van der Waals surface area contributed by atoms with E-state index in [4.69, 9.17) is 17.3 Å². The van der Waals surface area contributed by atoms with Crippen LogP contribution in [0.2, 0.25) is 5.02 Å². The summed E-state index contributed by atoms with van der Waals surface area (Å²) in [5, 5.41) is 0.194. The Morgan fingerprint density at radius 2 is 2.15 bits per heavy atom. The lowest BCUT2D eigenvalue weighted by atomic mass is 9.94. The molecule has 0 heterocycles. The molecule has 0 bridgehead atoms. The van der Waals surface area contributed by atoms with E-state index in [0.717, 1.165) is 19.3 Å². The number of sulfonamides is 1. The Morgan fingerprint density at radius 1 is 1.45 bits per heavy atom. The highest BCUT2D eigenvalue weighted by Gasteiger charge is 2.32. The third-order valence-electron chi connectivity index (χ3n) is 3.51. The number of nitrogens with zero attached hydrogens (tertiary/aromatic N) is 1. The zero-order chi connectivity index (χ0) is 14.8. The summed E-state index contributed by atoms with van der Waals surface area (Å²) in [6.45, 7) is 0.252. The maximum absolute atomic E-state index is 12.5. The van der Waals surface area contributed by atoms with E-state index in [1.54, 1.807) is 19.2 Å². The molecule has 6 heteroatoms. The van der Waals surface area contributed by atoms with Gasteiger partial charge in [-0.3, -0.25) is 0 Å². The van der Waals surface area contributed by atoms with Gasteiger partial charge in [-0.15, -0.1) is 0 Å². The Hall–Kier alpha value is -1.06. The van der Waals surface area contributed by atoms with Crippen LogP contribution < -0.4 is 5.73 Å². The van der Waals surface area contributed by atoms with Crippen LogP contribution in [0.15, 0.2) is 23.1 Å². The van der Waals surface area contributed by atoms with Crippen molar-refractivity contribution in [1.82, 2.24) is 4.31 Å². The van der Waals surface area contributed by atoms with E-state index >= 15 is 0 Å². The van der Waals surface area contributed by atoms with Crippen molar-refractivity contribution in [3.05, 3.63) is 28.8 Å². The second-order valence-corrected chi connectivity index (χ2v) is 7.13. The average molecular weight is 313 g/mol. The second kappa shape index (κ2) is 6.15. The molecule has 1 aliphatic carbocycles. The summed E-state index contributed by atoms with van der Waals surface area (Å²) in [6.07, 6.45) is 2.90.